The van der Waals surface area contributed by atoms with E-state index in [0.717, 1.165) is 11.9 Å². The maximum absolute atomic E-state index is 12.0. The first-order valence-corrected chi connectivity index (χ1v) is 8.38. The molecule has 1 aliphatic rings. The number of rotatable bonds is 4. The van der Waals surface area contributed by atoms with Crippen molar-refractivity contribution in [3.63, 3.8) is 0 Å². The Balaban J connectivity index is 1.48. The van der Waals surface area contributed by atoms with E-state index in [4.69, 9.17) is 0 Å². The first-order valence-electron chi connectivity index (χ1n) is 8.38. The van der Waals surface area contributed by atoms with Crippen LogP contribution >= 0.6 is 0 Å². The van der Waals surface area contributed by atoms with Crippen LogP contribution in [0.4, 0.5) is 4.79 Å². The lowest BCUT2D eigenvalue weighted by Gasteiger charge is -2.30. The van der Waals surface area contributed by atoms with Gasteiger partial charge in [-0.3, -0.25) is 4.79 Å². The van der Waals surface area contributed by atoms with Crippen LogP contribution in [0.5, 0.6) is 0 Å². The van der Waals surface area contributed by atoms with E-state index in [-0.39, 0.29) is 18.0 Å². The highest BCUT2D eigenvalue weighted by molar-refractivity contribution is 5.86. The molecule has 6 heteroatoms. The lowest BCUT2D eigenvalue weighted by molar-refractivity contribution is -0.132. The lowest BCUT2D eigenvalue weighted by Crippen LogP contribution is -2.51. The van der Waals surface area contributed by atoms with Gasteiger partial charge in [0, 0.05) is 49.7 Å². The van der Waals surface area contributed by atoms with Crippen molar-refractivity contribution in [2.45, 2.75) is 32.2 Å². The van der Waals surface area contributed by atoms with Crippen LogP contribution in [-0.2, 0) is 11.2 Å². The van der Waals surface area contributed by atoms with E-state index in [0.29, 0.717) is 25.9 Å². The average Bonchev–Trinajstić information content (AvgIpc) is 2.96. The fraction of sp³-hybridized carbons (Fsp3) is 0.444. The number of hydrogen-bond donors (Lipinski definition) is 3. The number of aromatic nitrogens is 1. The molecule has 2 heterocycles. The molecule has 0 saturated carbocycles. The van der Waals surface area contributed by atoms with Crippen molar-refractivity contribution in [2.75, 3.05) is 20.1 Å². The minimum atomic E-state index is -0.168. The lowest BCUT2D eigenvalue weighted by atomic mass is 10.1. The molecule has 3 rings (SSSR count). The van der Waals surface area contributed by atoms with E-state index in [9.17, 15) is 9.59 Å². The Bertz CT molecular complexity index is 753. The molecule has 0 bridgehead atoms. The molecule has 0 spiro atoms. The van der Waals surface area contributed by atoms with Crippen LogP contribution in [-0.4, -0.2) is 48.0 Å². The standard InChI is InChI=1S/C18H24N4O2/c1-12-4-3-5-15-13(10-20-17(12)15)8-9-19-18(24)21-14-6-7-16(23)22(2)11-14/h3-5,10,14,20H,6-9,11H2,1-2H3,(H2,19,21,24)/t14-/m0/s1. The van der Waals surface area contributed by atoms with Crippen LogP contribution in [0.2, 0.25) is 0 Å². The van der Waals surface area contributed by atoms with Gasteiger partial charge < -0.3 is 20.5 Å². The molecule has 6 nitrogen and oxygen atoms in total. The van der Waals surface area contributed by atoms with E-state index < -0.39 is 0 Å². The fourth-order valence-electron chi connectivity index (χ4n) is 3.25. The molecule has 128 valence electrons. The van der Waals surface area contributed by atoms with Crippen molar-refractivity contribution in [1.29, 1.82) is 0 Å². The minimum absolute atomic E-state index is 0.0310. The molecule has 2 aromatic rings. The Kier molecular flexibility index (Phi) is 4.74. The predicted octanol–water partition coefficient (Wildman–Crippen LogP) is 1.94. The Morgan fingerprint density at radius 3 is 3.04 bits per heavy atom. The monoisotopic (exact) mass is 328 g/mol. The summed E-state index contributed by atoms with van der Waals surface area (Å²) in [4.78, 5) is 28.4. The summed E-state index contributed by atoms with van der Waals surface area (Å²) >= 11 is 0. The Hall–Kier alpha value is -2.50. The average molecular weight is 328 g/mol. The molecule has 3 amide bonds. The van der Waals surface area contributed by atoms with Gasteiger partial charge in [-0.1, -0.05) is 18.2 Å². The fourth-order valence-corrected chi connectivity index (χ4v) is 3.25. The number of likely N-dealkylation sites (N-methyl/N-ethyl adjacent to an activating group) is 1. The third-order valence-corrected chi connectivity index (χ3v) is 4.65. The summed E-state index contributed by atoms with van der Waals surface area (Å²) in [6.07, 6.45) is 3.99. The van der Waals surface area contributed by atoms with Crippen molar-refractivity contribution in [2.24, 2.45) is 0 Å². The maximum atomic E-state index is 12.0. The molecular weight excluding hydrogens is 304 g/mol. The second-order valence-corrected chi connectivity index (χ2v) is 6.47. The number of hydrogen-bond acceptors (Lipinski definition) is 2. The van der Waals surface area contributed by atoms with Gasteiger partial charge >= 0.3 is 6.03 Å². The largest absolute Gasteiger partial charge is 0.361 e. The maximum Gasteiger partial charge on any atom is 0.315 e. The number of aromatic amines is 1. The zero-order valence-corrected chi connectivity index (χ0v) is 14.2. The third-order valence-electron chi connectivity index (χ3n) is 4.65. The summed E-state index contributed by atoms with van der Waals surface area (Å²) in [5.41, 5.74) is 3.59. The number of carbonyl (C=O) groups is 2. The first kappa shape index (κ1) is 16.4. The van der Waals surface area contributed by atoms with E-state index in [2.05, 4.69) is 40.7 Å². The number of urea groups is 1. The summed E-state index contributed by atoms with van der Waals surface area (Å²) in [6, 6.07) is 6.10. The van der Waals surface area contributed by atoms with Gasteiger partial charge in [0.1, 0.15) is 0 Å². The Labute approximate surface area is 141 Å². The van der Waals surface area contributed by atoms with Gasteiger partial charge in [0.05, 0.1) is 0 Å². The molecule has 0 radical (unpaired) electrons. The van der Waals surface area contributed by atoms with Gasteiger partial charge in [-0.15, -0.1) is 0 Å². The number of benzene rings is 1. The van der Waals surface area contributed by atoms with E-state index in [1.807, 2.05) is 6.20 Å². The topological polar surface area (TPSA) is 77.2 Å². The molecule has 1 saturated heterocycles. The van der Waals surface area contributed by atoms with Gasteiger partial charge in [-0.2, -0.15) is 0 Å². The van der Waals surface area contributed by atoms with Crippen molar-refractivity contribution in [3.8, 4) is 0 Å². The molecule has 1 fully saturated rings. The second kappa shape index (κ2) is 6.95. The van der Waals surface area contributed by atoms with Crippen LogP contribution in [0.1, 0.15) is 24.0 Å². The molecule has 1 atom stereocenters. The molecule has 24 heavy (non-hydrogen) atoms. The zero-order chi connectivity index (χ0) is 17.1. The second-order valence-electron chi connectivity index (χ2n) is 6.47. The molecule has 0 unspecified atom stereocenters. The van der Waals surface area contributed by atoms with Gasteiger partial charge in [-0.05, 0) is 30.9 Å². The number of H-pyrrole nitrogens is 1. The minimum Gasteiger partial charge on any atom is -0.361 e. The van der Waals surface area contributed by atoms with E-state index in [1.165, 1.54) is 16.5 Å². The summed E-state index contributed by atoms with van der Waals surface area (Å²) in [7, 11) is 1.77. The number of nitrogens with one attached hydrogen (secondary N) is 3. The number of carbonyl (C=O) groups excluding carboxylic acids is 2. The van der Waals surface area contributed by atoms with Crippen molar-refractivity contribution < 1.29 is 9.59 Å². The molecule has 0 aliphatic carbocycles. The number of aryl methyl sites for hydroxylation is 1. The van der Waals surface area contributed by atoms with Crippen molar-refractivity contribution >= 4 is 22.8 Å². The number of piperidine rings is 1. The van der Waals surface area contributed by atoms with Crippen LogP contribution in [0.3, 0.4) is 0 Å². The highest BCUT2D eigenvalue weighted by atomic mass is 16.2. The molecule has 3 N–H and O–H groups in total. The highest BCUT2D eigenvalue weighted by Crippen LogP contribution is 2.21. The van der Waals surface area contributed by atoms with E-state index >= 15 is 0 Å². The summed E-state index contributed by atoms with van der Waals surface area (Å²) in [5, 5.41) is 7.06. The number of likely N-dealkylation sites (tertiary alicyclic amines) is 1. The van der Waals surface area contributed by atoms with Gasteiger partial charge in [0.2, 0.25) is 5.91 Å². The molecule has 1 aromatic heterocycles. The van der Waals surface area contributed by atoms with Crippen molar-refractivity contribution in [1.82, 2.24) is 20.5 Å². The smallest absolute Gasteiger partial charge is 0.315 e. The normalized spacial score (nSPS) is 18.0. The number of fused-ring (bicyclic) bond motifs is 1. The van der Waals surface area contributed by atoms with Gasteiger partial charge in [0.25, 0.3) is 0 Å². The zero-order valence-electron chi connectivity index (χ0n) is 14.2. The quantitative estimate of drug-likeness (QED) is 0.802. The molecular formula is C18H24N4O2. The van der Waals surface area contributed by atoms with Crippen LogP contribution < -0.4 is 10.6 Å². The van der Waals surface area contributed by atoms with Crippen molar-refractivity contribution in [3.05, 3.63) is 35.5 Å². The van der Waals surface area contributed by atoms with Gasteiger partial charge in [-0.25, -0.2) is 4.79 Å². The molecule has 1 aliphatic heterocycles. The van der Waals surface area contributed by atoms with Crippen LogP contribution in [0.15, 0.2) is 24.4 Å². The molecule has 1 aromatic carbocycles. The Morgan fingerprint density at radius 2 is 2.25 bits per heavy atom. The van der Waals surface area contributed by atoms with Crippen LogP contribution in [0, 0.1) is 6.92 Å². The number of amides is 3. The summed E-state index contributed by atoms with van der Waals surface area (Å²) < 4.78 is 0. The first-order chi connectivity index (χ1) is 11.5. The predicted molar refractivity (Wildman–Crippen MR) is 93.9 cm³/mol. The van der Waals surface area contributed by atoms with Gasteiger partial charge in [0.15, 0.2) is 0 Å². The number of nitrogens with zero attached hydrogens (tertiary/aromatic N) is 1. The van der Waals surface area contributed by atoms with Crippen LogP contribution in [0.25, 0.3) is 10.9 Å². The third kappa shape index (κ3) is 3.53. The SMILES string of the molecule is Cc1cccc2c(CCNC(=O)N[C@H]3CCC(=O)N(C)C3)c[nH]c12. The number of para-hydroxylation sites is 1. The summed E-state index contributed by atoms with van der Waals surface area (Å²) in [5.74, 6) is 0.142. The Morgan fingerprint density at radius 1 is 1.42 bits per heavy atom. The highest BCUT2D eigenvalue weighted by Gasteiger charge is 2.23. The van der Waals surface area contributed by atoms with E-state index in [1.54, 1.807) is 11.9 Å². The summed E-state index contributed by atoms with van der Waals surface area (Å²) in [6.45, 7) is 3.24.